The quantitative estimate of drug-likeness (QED) is 0.0611. The number of ether oxygens (including phenoxy) is 1. The predicted octanol–water partition coefficient (Wildman–Crippen LogP) is 9.12. The van der Waals surface area contributed by atoms with Gasteiger partial charge in [-0.25, -0.2) is 9.36 Å². The van der Waals surface area contributed by atoms with Gasteiger partial charge in [0, 0.05) is 11.5 Å². The number of phenols is 1. The molecule has 1 aliphatic carbocycles. The summed E-state index contributed by atoms with van der Waals surface area (Å²) >= 11 is 0. The summed E-state index contributed by atoms with van der Waals surface area (Å²) in [5, 5.41) is 11.4. The molecule has 8 heteroatoms. The van der Waals surface area contributed by atoms with Crippen LogP contribution < -0.4 is 4.74 Å². The number of benzene rings is 3. The molecule has 234 valence electrons. The fraction of sp³-hybridized carbons (Fsp3) is 0.361. The molecule has 3 aromatic carbocycles. The number of phosphoric ester groups is 1. The Hall–Kier alpha value is -3.48. The van der Waals surface area contributed by atoms with Gasteiger partial charge in [0.15, 0.2) is 6.10 Å². The van der Waals surface area contributed by atoms with Crippen molar-refractivity contribution in [1.82, 2.24) is 0 Å². The van der Waals surface area contributed by atoms with E-state index in [1.54, 1.807) is 66.7 Å². The molecule has 0 saturated heterocycles. The lowest BCUT2D eigenvalue weighted by Gasteiger charge is -2.32. The molecule has 1 aliphatic rings. The van der Waals surface area contributed by atoms with Crippen molar-refractivity contribution >= 4 is 13.8 Å². The number of carbonyl (C=O) groups excluding carboxylic acids is 1. The van der Waals surface area contributed by atoms with E-state index in [-0.39, 0.29) is 29.9 Å². The molecule has 3 aromatic rings. The van der Waals surface area contributed by atoms with Crippen LogP contribution in [0.4, 0.5) is 0 Å². The van der Waals surface area contributed by atoms with Crippen LogP contribution in [0.1, 0.15) is 87.2 Å². The normalized spacial score (nSPS) is 18.6. The molecule has 0 amide bonds. The molecule has 2 N–H and O–H groups in total. The van der Waals surface area contributed by atoms with E-state index in [0.29, 0.717) is 23.1 Å². The zero-order chi connectivity index (χ0) is 31.7. The summed E-state index contributed by atoms with van der Waals surface area (Å²) < 4.78 is 29.9. The van der Waals surface area contributed by atoms with Crippen molar-refractivity contribution in [2.24, 2.45) is 5.92 Å². The van der Waals surface area contributed by atoms with Crippen LogP contribution in [0.3, 0.4) is 0 Å². The van der Waals surface area contributed by atoms with Crippen LogP contribution in [-0.2, 0) is 31.4 Å². The molecule has 0 aromatic heterocycles. The lowest BCUT2D eigenvalue weighted by molar-refractivity contribution is -0.143. The van der Waals surface area contributed by atoms with Crippen molar-refractivity contribution in [3.05, 3.63) is 119 Å². The van der Waals surface area contributed by atoms with Gasteiger partial charge in [-0.3, -0.25) is 9.05 Å². The van der Waals surface area contributed by atoms with E-state index in [1.165, 1.54) is 5.57 Å². The van der Waals surface area contributed by atoms with Crippen LogP contribution in [-0.4, -0.2) is 16.0 Å². The lowest BCUT2D eigenvalue weighted by atomic mass is 9.73. The van der Waals surface area contributed by atoms with Crippen molar-refractivity contribution in [3.63, 3.8) is 0 Å². The second-order valence-electron chi connectivity index (χ2n) is 11.6. The first-order chi connectivity index (χ1) is 21.1. The fourth-order valence-electron chi connectivity index (χ4n) is 5.64. The van der Waals surface area contributed by atoms with E-state index in [0.717, 1.165) is 43.2 Å². The first-order valence-corrected chi connectivity index (χ1v) is 16.7. The SMILES string of the molecule is C=C(C)[C@@H]1CCC(C)=C[C@H]1c1c(O)cc(CCCCC)cc1OC(=O)C(OP(=O)(O)OCc1ccccc1)c1ccccc1. The van der Waals surface area contributed by atoms with E-state index in [4.69, 9.17) is 13.8 Å². The maximum Gasteiger partial charge on any atom is 0.473 e. The minimum Gasteiger partial charge on any atom is -0.507 e. The Morgan fingerprint density at radius 1 is 1.05 bits per heavy atom. The number of hydrogen-bond donors (Lipinski definition) is 2. The highest BCUT2D eigenvalue weighted by molar-refractivity contribution is 7.47. The molecule has 4 atom stereocenters. The zero-order valence-electron chi connectivity index (χ0n) is 25.8. The molecular formula is C36H43O7P. The molecule has 0 aliphatic heterocycles. The van der Waals surface area contributed by atoms with E-state index in [1.807, 2.05) is 13.0 Å². The number of phenolic OH excluding ortho intramolecular Hbond substituents is 1. The smallest absolute Gasteiger partial charge is 0.473 e. The number of unbranched alkanes of at least 4 members (excludes halogenated alkanes) is 2. The number of allylic oxidation sites excluding steroid dienone is 3. The van der Waals surface area contributed by atoms with Crippen LogP contribution in [0.15, 0.2) is 96.6 Å². The Morgan fingerprint density at radius 2 is 1.73 bits per heavy atom. The molecule has 0 saturated carbocycles. The molecule has 2 unspecified atom stereocenters. The van der Waals surface area contributed by atoms with E-state index in [9.17, 15) is 19.4 Å². The van der Waals surface area contributed by atoms with Crippen LogP contribution in [0.2, 0.25) is 0 Å². The van der Waals surface area contributed by atoms with E-state index >= 15 is 0 Å². The molecule has 0 heterocycles. The van der Waals surface area contributed by atoms with Gasteiger partial charge < -0.3 is 14.7 Å². The molecule has 0 spiro atoms. The minimum atomic E-state index is -4.72. The van der Waals surface area contributed by atoms with E-state index < -0.39 is 19.9 Å². The molecule has 7 nitrogen and oxygen atoms in total. The lowest BCUT2D eigenvalue weighted by Crippen LogP contribution is -2.23. The fourth-order valence-corrected chi connectivity index (χ4v) is 6.49. The third kappa shape index (κ3) is 9.02. The summed E-state index contributed by atoms with van der Waals surface area (Å²) in [4.78, 5) is 24.6. The molecule has 0 radical (unpaired) electrons. The van der Waals surface area contributed by atoms with Crippen LogP contribution in [0.5, 0.6) is 11.5 Å². The second-order valence-corrected chi connectivity index (χ2v) is 13.0. The second kappa shape index (κ2) is 15.5. The summed E-state index contributed by atoms with van der Waals surface area (Å²) in [5.74, 6) is -0.879. The maximum atomic E-state index is 13.9. The minimum absolute atomic E-state index is 0.0400. The van der Waals surface area contributed by atoms with Gasteiger partial charge in [-0.15, -0.1) is 0 Å². The largest absolute Gasteiger partial charge is 0.507 e. The highest BCUT2D eigenvalue weighted by Crippen LogP contribution is 2.50. The van der Waals surface area contributed by atoms with E-state index in [2.05, 4.69) is 26.5 Å². The number of carbonyl (C=O) groups is 1. The van der Waals surface area contributed by atoms with Gasteiger partial charge in [-0.05, 0) is 74.3 Å². The van der Waals surface area contributed by atoms with Crippen molar-refractivity contribution in [1.29, 1.82) is 0 Å². The highest BCUT2D eigenvalue weighted by atomic mass is 31.2. The molecule has 0 bridgehead atoms. The number of aromatic hydroxyl groups is 1. The maximum absolute atomic E-state index is 13.9. The third-order valence-corrected chi connectivity index (χ3v) is 8.90. The van der Waals surface area contributed by atoms with Gasteiger partial charge >= 0.3 is 13.8 Å². The van der Waals surface area contributed by atoms with Crippen LogP contribution in [0.25, 0.3) is 0 Å². The summed E-state index contributed by atoms with van der Waals surface area (Å²) in [6, 6.07) is 20.9. The summed E-state index contributed by atoms with van der Waals surface area (Å²) in [7, 11) is -4.72. The van der Waals surface area contributed by atoms with Crippen LogP contribution in [0, 0.1) is 5.92 Å². The topological polar surface area (TPSA) is 102 Å². The Balaban J connectivity index is 1.70. The Labute approximate surface area is 260 Å². The number of aryl methyl sites for hydroxylation is 1. The number of rotatable bonds is 14. The zero-order valence-corrected chi connectivity index (χ0v) is 26.7. The third-order valence-electron chi connectivity index (χ3n) is 7.97. The van der Waals surface area contributed by atoms with Gasteiger partial charge in [0.05, 0.1) is 6.61 Å². The van der Waals surface area contributed by atoms with Gasteiger partial charge in [-0.2, -0.15) is 0 Å². The van der Waals surface area contributed by atoms with Gasteiger partial charge in [0.25, 0.3) is 0 Å². The average molecular weight is 619 g/mol. The number of hydrogen-bond acceptors (Lipinski definition) is 6. The molecular weight excluding hydrogens is 575 g/mol. The van der Waals surface area contributed by atoms with Gasteiger partial charge in [0.2, 0.25) is 0 Å². The summed E-state index contributed by atoms with van der Waals surface area (Å²) in [6.45, 7) is 10.2. The standard InChI is InChI=1S/C36H43O7P/c1-5-6-9-16-28-22-32(37)34(31-21-26(4)19-20-30(31)25(2)3)33(23-28)42-36(38)35(29-17-12-8-13-18-29)43-44(39,40)41-24-27-14-10-7-11-15-27/h7-8,10-15,17-18,21-23,30-31,35,37H,2,5-6,9,16,19-20,24H2,1,3-4H3,(H,39,40)/t30-,31+,35?/m0/s1. The summed E-state index contributed by atoms with van der Waals surface area (Å²) in [6.07, 6.45) is 6.00. The summed E-state index contributed by atoms with van der Waals surface area (Å²) in [5.41, 5.74) is 4.48. The molecule has 0 fully saturated rings. The van der Waals surface area contributed by atoms with Crippen molar-refractivity contribution in [2.45, 2.75) is 77.9 Å². The number of phosphoric acid groups is 1. The average Bonchev–Trinajstić information content (AvgIpc) is 3.00. The monoisotopic (exact) mass is 618 g/mol. The molecule has 4 rings (SSSR count). The Morgan fingerprint density at radius 3 is 2.39 bits per heavy atom. The van der Waals surface area contributed by atoms with Crippen molar-refractivity contribution in [2.75, 3.05) is 0 Å². The Bertz CT molecular complexity index is 1500. The Kier molecular flexibility index (Phi) is 11.8. The highest BCUT2D eigenvalue weighted by Gasteiger charge is 2.36. The van der Waals surface area contributed by atoms with Gasteiger partial charge in [-0.1, -0.05) is 104 Å². The predicted molar refractivity (Wildman–Crippen MR) is 172 cm³/mol. The first kappa shape index (κ1) is 33.4. The van der Waals surface area contributed by atoms with Crippen molar-refractivity contribution < 1.29 is 33.1 Å². The number of esters is 1. The van der Waals surface area contributed by atoms with Crippen molar-refractivity contribution in [3.8, 4) is 11.5 Å². The van der Waals surface area contributed by atoms with Crippen LogP contribution >= 0.6 is 7.82 Å². The van der Waals surface area contributed by atoms with Gasteiger partial charge in [0.1, 0.15) is 11.5 Å². The molecule has 44 heavy (non-hydrogen) atoms. The first-order valence-electron chi connectivity index (χ1n) is 15.2.